The number of hydrogen-bond acceptors (Lipinski definition) is 4. The van der Waals surface area contributed by atoms with Crippen molar-refractivity contribution in [1.82, 2.24) is 5.32 Å². The van der Waals surface area contributed by atoms with Gasteiger partial charge in [-0.1, -0.05) is 12.1 Å². The van der Waals surface area contributed by atoms with E-state index in [9.17, 15) is 0 Å². The molecule has 0 aliphatic carbocycles. The monoisotopic (exact) mass is 305 g/mol. The summed E-state index contributed by atoms with van der Waals surface area (Å²) in [6.07, 6.45) is 0. The van der Waals surface area contributed by atoms with E-state index in [2.05, 4.69) is 38.2 Å². The molecule has 0 aliphatic rings. The molecule has 0 aliphatic heterocycles. The van der Waals surface area contributed by atoms with Gasteiger partial charge in [0.2, 0.25) is 0 Å². The average molecular weight is 305 g/mol. The Morgan fingerprint density at radius 3 is 2.33 bits per heavy atom. The van der Waals surface area contributed by atoms with Gasteiger partial charge in [0.1, 0.15) is 6.61 Å². The molecule has 3 nitrogen and oxygen atoms in total. The van der Waals surface area contributed by atoms with Crippen molar-refractivity contribution in [1.29, 1.82) is 0 Å². The van der Waals surface area contributed by atoms with Crippen molar-refractivity contribution in [2.75, 3.05) is 7.11 Å². The first-order valence-corrected chi connectivity index (χ1v) is 7.88. The van der Waals surface area contributed by atoms with E-state index >= 15 is 0 Å². The Labute approximate surface area is 130 Å². The van der Waals surface area contributed by atoms with Crippen LogP contribution in [0.2, 0.25) is 0 Å². The molecule has 0 amide bonds. The zero-order chi connectivity index (χ0) is 15.3. The van der Waals surface area contributed by atoms with Crippen molar-refractivity contribution in [2.45, 2.75) is 39.5 Å². The quantitative estimate of drug-likeness (QED) is 0.866. The highest BCUT2D eigenvalue weighted by Crippen LogP contribution is 2.27. The summed E-state index contributed by atoms with van der Waals surface area (Å²) in [6, 6.07) is 12.0. The molecule has 0 saturated carbocycles. The van der Waals surface area contributed by atoms with Gasteiger partial charge in [-0.05, 0) is 45.0 Å². The van der Waals surface area contributed by atoms with E-state index < -0.39 is 0 Å². The fourth-order valence-corrected chi connectivity index (χ4v) is 2.71. The second kappa shape index (κ2) is 6.96. The van der Waals surface area contributed by atoms with E-state index in [1.54, 1.807) is 18.4 Å². The molecule has 1 N–H and O–H groups in total. The molecule has 4 heteroatoms. The van der Waals surface area contributed by atoms with Crippen LogP contribution in [0.3, 0.4) is 0 Å². The Hall–Kier alpha value is -1.52. The number of benzene rings is 1. The van der Waals surface area contributed by atoms with Crippen LogP contribution in [-0.4, -0.2) is 12.6 Å². The molecule has 1 aromatic heterocycles. The topological polar surface area (TPSA) is 30.5 Å². The summed E-state index contributed by atoms with van der Waals surface area (Å²) >= 11 is 1.78. The van der Waals surface area contributed by atoms with Crippen molar-refractivity contribution in [3.05, 3.63) is 46.2 Å². The van der Waals surface area contributed by atoms with Crippen molar-refractivity contribution in [3.63, 3.8) is 0 Å². The maximum absolute atomic E-state index is 5.84. The van der Waals surface area contributed by atoms with Crippen LogP contribution in [0.5, 0.6) is 11.5 Å². The van der Waals surface area contributed by atoms with E-state index in [1.807, 2.05) is 24.3 Å². The Kier molecular flexibility index (Phi) is 5.26. The predicted octanol–water partition coefficient (Wildman–Crippen LogP) is 4.22. The lowest BCUT2D eigenvalue weighted by atomic mass is 10.1. The number of thiophene rings is 1. The number of hydrogen-bond donors (Lipinski definition) is 1. The first-order chi connectivity index (χ1) is 9.98. The van der Waals surface area contributed by atoms with Crippen molar-refractivity contribution in [3.8, 4) is 11.5 Å². The number of methoxy groups -OCH3 is 1. The van der Waals surface area contributed by atoms with Crippen LogP contribution in [0.15, 0.2) is 36.4 Å². The van der Waals surface area contributed by atoms with Gasteiger partial charge in [-0.25, -0.2) is 0 Å². The molecule has 0 bridgehead atoms. The van der Waals surface area contributed by atoms with Gasteiger partial charge in [0.15, 0.2) is 11.5 Å². The van der Waals surface area contributed by atoms with Crippen molar-refractivity contribution in [2.24, 2.45) is 0 Å². The van der Waals surface area contributed by atoms with Gasteiger partial charge in [-0.3, -0.25) is 0 Å². The third-order valence-corrected chi connectivity index (χ3v) is 4.01. The Bertz CT molecular complexity index is 572. The molecule has 1 aromatic carbocycles. The first-order valence-electron chi connectivity index (χ1n) is 7.06. The third kappa shape index (κ3) is 5.06. The molecular weight excluding hydrogens is 282 g/mol. The van der Waals surface area contributed by atoms with Crippen LogP contribution in [0.4, 0.5) is 0 Å². The molecule has 0 radical (unpaired) electrons. The van der Waals surface area contributed by atoms with Crippen LogP contribution in [-0.2, 0) is 13.2 Å². The average Bonchev–Trinajstić information content (AvgIpc) is 2.90. The molecule has 0 atom stereocenters. The van der Waals surface area contributed by atoms with Crippen molar-refractivity contribution < 1.29 is 9.47 Å². The van der Waals surface area contributed by atoms with Crippen LogP contribution < -0.4 is 14.8 Å². The largest absolute Gasteiger partial charge is 0.493 e. The lowest BCUT2D eigenvalue weighted by Gasteiger charge is -2.19. The van der Waals surface area contributed by atoms with Gasteiger partial charge >= 0.3 is 0 Å². The van der Waals surface area contributed by atoms with Gasteiger partial charge in [0.05, 0.1) is 7.11 Å². The number of para-hydroxylation sites is 2. The molecule has 21 heavy (non-hydrogen) atoms. The second-order valence-electron chi connectivity index (χ2n) is 5.91. The summed E-state index contributed by atoms with van der Waals surface area (Å²) < 4.78 is 11.1. The summed E-state index contributed by atoms with van der Waals surface area (Å²) in [5.74, 6) is 1.55. The minimum Gasteiger partial charge on any atom is -0.493 e. The highest BCUT2D eigenvalue weighted by molar-refractivity contribution is 7.11. The lowest BCUT2D eigenvalue weighted by molar-refractivity contribution is 0.287. The molecule has 2 aromatic rings. The van der Waals surface area contributed by atoms with Crippen molar-refractivity contribution >= 4 is 11.3 Å². The molecule has 2 rings (SSSR count). The normalized spacial score (nSPS) is 11.4. The fourth-order valence-electron chi connectivity index (χ4n) is 1.83. The van der Waals surface area contributed by atoms with E-state index in [-0.39, 0.29) is 5.54 Å². The van der Waals surface area contributed by atoms with Gasteiger partial charge < -0.3 is 14.8 Å². The highest BCUT2D eigenvalue weighted by atomic mass is 32.1. The number of nitrogens with one attached hydrogen (secondary N) is 1. The molecular formula is C17H23NO2S. The zero-order valence-corrected chi connectivity index (χ0v) is 13.9. The van der Waals surface area contributed by atoms with Gasteiger partial charge in [-0.15, -0.1) is 11.3 Å². The molecule has 114 valence electrons. The van der Waals surface area contributed by atoms with E-state index in [0.29, 0.717) is 6.61 Å². The molecule has 0 saturated heterocycles. The summed E-state index contributed by atoms with van der Waals surface area (Å²) in [6.45, 7) is 7.98. The smallest absolute Gasteiger partial charge is 0.161 e. The summed E-state index contributed by atoms with van der Waals surface area (Å²) in [5.41, 5.74) is 0.137. The van der Waals surface area contributed by atoms with E-state index in [4.69, 9.17) is 9.47 Å². The molecule has 1 heterocycles. The Morgan fingerprint density at radius 2 is 1.67 bits per heavy atom. The minimum atomic E-state index is 0.137. The van der Waals surface area contributed by atoms with Crippen LogP contribution in [0.1, 0.15) is 30.5 Å². The molecule has 0 spiro atoms. The SMILES string of the molecule is COc1ccccc1OCc1ccc(CNC(C)(C)C)s1. The third-order valence-electron chi connectivity index (χ3n) is 2.95. The lowest BCUT2D eigenvalue weighted by Crippen LogP contribution is -2.34. The van der Waals surface area contributed by atoms with Crippen LogP contribution >= 0.6 is 11.3 Å². The Balaban J connectivity index is 1.91. The maximum Gasteiger partial charge on any atom is 0.161 e. The van der Waals surface area contributed by atoms with Gasteiger partial charge in [-0.2, -0.15) is 0 Å². The summed E-state index contributed by atoms with van der Waals surface area (Å²) in [7, 11) is 1.66. The van der Waals surface area contributed by atoms with Gasteiger partial charge in [0.25, 0.3) is 0 Å². The number of ether oxygens (including phenoxy) is 2. The maximum atomic E-state index is 5.84. The van der Waals surface area contributed by atoms with Crippen LogP contribution in [0, 0.1) is 0 Å². The minimum absolute atomic E-state index is 0.137. The fraction of sp³-hybridized carbons (Fsp3) is 0.412. The second-order valence-corrected chi connectivity index (χ2v) is 7.16. The number of rotatable bonds is 6. The Morgan fingerprint density at radius 1 is 1.00 bits per heavy atom. The van der Waals surface area contributed by atoms with E-state index in [1.165, 1.54) is 9.75 Å². The zero-order valence-electron chi connectivity index (χ0n) is 13.1. The van der Waals surface area contributed by atoms with Crippen LogP contribution in [0.25, 0.3) is 0 Å². The standard InChI is InChI=1S/C17H23NO2S/c1-17(2,3)18-11-13-9-10-14(21-13)12-20-16-8-6-5-7-15(16)19-4/h5-10,18H,11-12H2,1-4H3. The molecule has 0 fully saturated rings. The molecule has 0 unspecified atom stereocenters. The summed E-state index contributed by atoms with van der Waals surface area (Å²) in [5, 5.41) is 3.49. The first kappa shape index (κ1) is 15.9. The van der Waals surface area contributed by atoms with E-state index in [0.717, 1.165) is 18.0 Å². The highest BCUT2D eigenvalue weighted by Gasteiger charge is 2.10. The summed E-state index contributed by atoms with van der Waals surface area (Å²) in [4.78, 5) is 2.54. The van der Waals surface area contributed by atoms with Gasteiger partial charge in [0, 0.05) is 21.8 Å². The predicted molar refractivity (Wildman–Crippen MR) is 88.2 cm³/mol.